The van der Waals surface area contributed by atoms with Crippen molar-refractivity contribution in [1.29, 1.82) is 0 Å². The van der Waals surface area contributed by atoms with Gasteiger partial charge in [-0.25, -0.2) is 4.79 Å². The largest absolute Gasteiger partial charge is 0.352 e. The maximum absolute atomic E-state index is 12.4. The van der Waals surface area contributed by atoms with Crippen molar-refractivity contribution in [3.63, 3.8) is 0 Å². The van der Waals surface area contributed by atoms with Crippen molar-refractivity contribution in [2.75, 3.05) is 6.54 Å². The van der Waals surface area contributed by atoms with Gasteiger partial charge >= 0.3 is 5.69 Å². The zero-order valence-electron chi connectivity index (χ0n) is 13.5. The monoisotopic (exact) mass is 371 g/mol. The first-order valence-corrected chi connectivity index (χ1v) is 8.08. The molecule has 26 heavy (non-hydrogen) atoms. The number of amides is 1. The van der Waals surface area contributed by atoms with Crippen molar-refractivity contribution in [2.45, 2.75) is 6.42 Å². The van der Waals surface area contributed by atoms with E-state index in [1.165, 1.54) is 18.2 Å². The third kappa shape index (κ3) is 4.04. The minimum absolute atomic E-state index is 0.207. The second-order valence-electron chi connectivity index (χ2n) is 5.38. The molecule has 1 amide bonds. The van der Waals surface area contributed by atoms with Crippen LogP contribution >= 0.6 is 11.6 Å². The van der Waals surface area contributed by atoms with Crippen molar-refractivity contribution in [3.8, 4) is 5.69 Å². The number of aromatic amines is 1. The van der Waals surface area contributed by atoms with Crippen LogP contribution in [0.25, 0.3) is 5.69 Å². The van der Waals surface area contributed by atoms with E-state index < -0.39 is 11.2 Å². The van der Waals surface area contributed by atoms with Crippen molar-refractivity contribution in [3.05, 3.63) is 85.9 Å². The predicted molar refractivity (Wildman–Crippen MR) is 95.7 cm³/mol. The molecule has 3 rings (SSSR count). The van der Waals surface area contributed by atoms with Crippen LogP contribution in [0.1, 0.15) is 15.9 Å². The highest BCUT2D eigenvalue weighted by Gasteiger charge is 2.13. The van der Waals surface area contributed by atoms with E-state index in [0.717, 1.165) is 16.4 Å². The molecule has 0 spiro atoms. The fourth-order valence-electron chi connectivity index (χ4n) is 2.32. The van der Waals surface area contributed by atoms with Crippen LogP contribution in [0.3, 0.4) is 0 Å². The summed E-state index contributed by atoms with van der Waals surface area (Å²) in [5.41, 5.74) is 0.260. The number of rotatable bonds is 5. The van der Waals surface area contributed by atoms with Gasteiger partial charge < -0.3 is 5.32 Å². The third-order valence-electron chi connectivity index (χ3n) is 3.60. The lowest BCUT2D eigenvalue weighted by Gasteiger charge is -2.09. The highest BCUT2D eigenvalue weighted by molar-refractivity contribution is 6.33. The second kappa shape index (κ2) is 7.75. The molecule has 0 unspecified atom stereocenters. The topological polar surface area (TPSA) is 110 Å². The number of pyridine rings is 1. The van der Waals surface area contributed by atoms with Crippen LogP contribution in [-0.4, -0.2) is 32.2 Å². The molecule has 2 N–H and O–H groups in total. The zero-order chi connectivity index (χ0) is 18.5. The number of nitrogens with one attached hydrogen (secondary N) is 2. The zero-order valence-corrected chi connectivity index (χ0v) is 14.2. The fraction of sp³-hybridized carbons (Fsp3) is 0.118. The Hall–Kier alpha value is -3.26. The second-order valence-corrected chi connectivity index (χ2v) is 5.78. The van der Waals surface area contributed by atoms with Crippen LogP contribution in [0.5, 0.6) is 0 Å². The first kappa shape index (κ1) is 17.6. The molecule has 1 aromatic carbocycles. The Labute approximate surface area is 152 Å². The SMILES string of the molecule is O=C(NCCc1ccncc1)c1cc(-n2ncc(=O)[nH]c2=O)ccc1Cl. The minimum atomic E-state index is -0.705. The molecule has 132 valence electrons. The molecule has 3 aromatic rings. The Bertz CT molecular complexity index is 1050. The highest BCUT2D eigenvalue weighted by Crippen LogP contribution is 2.18. The first-order valence-electron chi connectivity index (χ1n) is 7.70. The summed E-state index contributed by atoms with van der Waals surface area (Å²) in [5, 5.41) is 6.78. The van der Waals surface area contributed by atoms with Gasteiger partial charge in [-0.1, -0.05) is 11.6 Å². The maximum Gasteiger partial charge on any atom is 0.349 e. The number of carbonyl (C=O) groups is 1. The normalized spacial score (nSPS) is 10.5. The van der Waals surface area contributed by atoms with E-state index in [1.807, 2.05) is 12.1 Å². The summed E-state index contributed by atoms with van der Waals surface area (Å²) in [6.07, 6.45) is 5.00. The van der Waals surface area contributed by atoms with Crippen molar-refractivity contribution >= 4 is 17.5 Å². The summed E-state index contributed by atoms with van der Waals surface area (Å²) in [4.78, 5) is 41.4. The van der Waals surface area contributed by atoms with Crippen LogP contribution in [-0.2, 0) is 6.42 Å². The van der Waals surface area contributed by atoms with Gasteiger partial charge in [-0.15, -0.1) is 0 Å². The molecule has 0 saturated carbocycles. The van der Waals surface area contributed by atoms with Gasteiger partial charge in [0.05, 0.1) is 16.3 Å². The van der Waals surface area contributed by atoms with E-state index in [2.05, 4.69) is 20.4 Å². The van der Waals surface area contributed by atoms with Crippen LogP contribution in [0.4, 0.5) is 0 Å². The molecule has 0 aliphatic rings. The number of benzene rings is 1. The Morgan fingerprint density at radius 1 is 1.19 bits per heavy atom. The number of H-pyrrole nitrogens is 1. The lowest BCUT2D eigenvalue weighted by Crippen LogP contribution is -2.31. The Morgan fingerprint density at radius 2 is 1.96 bits per heavy atom. The van der Waals surface area contributed by atoms with Gasteiger partial charge in [0.25, 0.3) is 11.5 Å². The van der Waals surface area contributed by atoms with E-state index in [9.17, 15) is 14.4 Å². The number of aromatic nitrogens is 4. The molecule has 0 aliphatic heterocycles. The summed E-state index contributed by atoms with van der Waals surface area (Å²) in [6, 6.07) is 8.20. The Kier molecular flexibility index (Phi) is 5.23. The average molecular weight is 372 g/mol. The van der Waals surface area contributed by atoms with Gasteiger partial charge in [0.1, 0.15) is 6.20 Å². The molecule has 0 aliphatic carbocycles. The van der Waals surface area contributed by atoms with Gasteiger partial charge in [0.15, 0.2) is 0 Å². The maximum atomic E-state index is 12.4. The molecular formula is C17H14ClN5O3. The number of hydrogen-bond acceptors (Lipinski definition) is 5. The Morgan fingerprint density at radius 3 is 2.69 bits per heavy atom. The molecule has 0 radical (unpaired) electrons. The molecule has 0 saturated heterocycles. The molecule has 8 nitrogen and oxygen atoms in total. The van der Waals surface area contributed by atoms with E-state index in [-0.39, 0.29) is 16.5 Å². The summed E-state index contributed by atoms with van der Waals surface area (Å²) in [6.45, 7) is 0.417. The highest BCUT2D eigenvalue weighted by atomic mass is 35.5. The van der Waals surface area contributed by atoms with Crippen molar-refractivity contribution in [2.24, 2.45) is 0 Å². The van der Waals surface area contributed by atoms with Gasteiger partial charge in [-0.05, 0) is 42.3 Å². The third-order valence-corrected chi connectivity index (χ3v) is 3.93. The van der Waals surface area contributed by atoms with Crippen molar-refractivity contribution in [1.82, 2.24) is 25.1 Å². The first-order chi connectivity index (χ1) is 12.5. The minimum Gasteiger partial charge on any atom is -0.352 e. The molecule has 0 atom stereocenters. The molecule has 0 fully saturated rings. The smallest absolute Gasteiger partial charge is 0.349 e. The summed E-state index contributed by atoms with van der Waals surface area (Å²) in [5.74, 6) is -0.372. The van der Waals surface area contributed by atoms with E-state index in [0.29, 0.717) is 18.7 Å². The lowest BCUT2D eigenvalue weighted by molar-refractivity contribution is 0.0954. The van der Waals surface area contributed by atoms with Crippen LogP contribution < -0.4 is 16.6 Å². The number of carbonyl (C=O) groups excluding carboxylic acids is 1. The van der Waals surface area contributed by atoms with E-state index >= 15 is 0 Å². The van der Waals surface area contributed by atoms with Gasteiger partial charge in [-0.2, -0.15) is 9.78 Å². The number of halogens is 1. The van der Waals surface area contributed by atoms with Gasteiger partial charge in [0.2, 0.25) is 0 Å². The van der Waals surface area contributed by atoms with E-state index in [1.54, 1.807) is 12.4 Å². The molecule has 2 aromatic heterocycles. The lowest BCUT2D eigenvalue weighted by atomic mass is 10.1. The summed E-state index contributed by atoms with van der Waals surface area (Å²) in [7, 11) is 0. The molecule has 0 bridgehead atoms. The van der Waals surface area contributed by atoms with E-state index in [4.69, 9.17) is 11.6 Å². The predicted octanol–water partition coefficient (Wildman–Crippen LogP) is 0.942. The Balaban J connectivity index is 1.77. The number of hydrogen-bond donors (Lipinski definition) is 2. The average Bonchev–Trinajstić information content (AvgIpc) is 2.63. The number of nitrogens with zero attached hydrogens (tertiary/aromatic N) is 3. The standard InChI is InChI=1S/C17H14ClN5O3/c18-14-2-1-12(23-17(26)22-15(24)10-21-23)9-13(14)16(25)20-8-5-11-3-6-19-7-4-11/h1-4,6-7,9-10H,5,8H2,(H,20,25)(H,22,24,26). The fourth-order valence-corrected chi connectivity index (χ4v) is 2.52. The van der Waals surface area contributed by atoms with Gasteiger partial charge in [0, 0.05) is 18.9 Å². The van der Waals surface area contributed by atoms with Gasteiger partial charge in [-0.3, -0.25) is 19.6 Å². The van der Waals surface area contributed by atoms with Crippen LogP contribution in [0.15, 0.2) is 58.5 Å². The van der Waals surface area contributed by atoms with Crippen molar-refractivity contribution < 1.29 is 4.79 Å². The quantitative estimate of drug-likeness (QED) is 0.693. The van der Waals surface area contributed by atoms with Crippen LogP contribution in [0.2, 0.25) is 5.02 Å². The molecule has 9 heteroatoms. The summed E-state index contributed by atoms with van der Waals surface area (Å²) >= 11 is 6.10. The molecule has 2 heterocycles. The van der Waals surface area contributed by atoms with Crippen LogP contribution in [0, 0.1) is 0 Å². The summed E-state index contributed by atoms with van der Waals surface area (Å²) < 4.78 is 0.978. The molecular weight excluding hydrogens is 358 g/mol.